The SMILES string of the molecule is NC(=O)C(Cc1ccc(C(F)(F)F)cc1)c1cc(Br)ccn1. The van der Waals surface area contributed by atoms with Gasteiger partial charge in [-0.25, -0.2) is 0 Å². The Morgan fingerprint density at radius 3 is 2.36 bits per heavy atom. The second-order valence-electron chi connectivity index (χ2n) is 4.75. The van der Waals surface area contributed by atoms with Gasteiger partial charge in [-0.3, -0.25) is 9.78 Å². The molecule has 1 amide bonds. The zero-order valence-electron chi connectivity index (χ0n) is 11.3. The summed E-state index contributed by atoms with van der Waals surface area (Å²) in [6, 6.07) is 8.04. The maximum Gasteiger partial charge on any atom is 0.416 e. The average molecular weight is 373 g/mol. The van der Waals surface area contributed by atoms with Crippen LogP contribution < -0.4 is 5.73 Å². The lowest BCUT2D eigenvalue weighted by Gasteiger charge is -2.14. The monoisotopic (exact) mass is 372 g/mol. The summed E-state index contributed by atoms with van der Waals surface area (Å²) in [5.41, 5.74) is 5.72. The highest BCUT2D eigenvalue weighted by Crippen LogP contribution is 2.30. The number of halogens is 4. The molecule has 1 heterocycles. The van der Waals surface area contributed by atoms with Crippen LogP contribution in [0.2, 0.25) is 0 Å². The molecule has 1 atom stereocenters. The molecule has 0 bridgehead atoms. The van der Waals surface area contributed by atoms with Crippen molar-refractivity contribution in [2.75, 3.05) is 0 Å². The van der Waals surface area contributed by atoms with Crippen molar-refractivity contribution in [3.05, 3.63) is 63.9 Å². The normalized spacial score (nSPS) is 12.9. The highest BCUT2D eigenvalue weighted by Gasteiger charge is 2.30. The van der Waals surface area contributed by atoms with Gasteiger partial charge in [0.2, 0.25) is 5.91 Å². The molecule has 0 saturated carbocycles. The van der Waals surface area contributed by atoms with E-state index in [1.54, 1.807) is 12.1 Å². The van der Waals surface area contributed by atoms with Crippen molar-refractivity contribution in [2.24, 2.45) is 5.73 Å². The quantitative estimate of drug-likeness (QED) is 0.889. The summed E-state index contributed by atoms with van der Waals surface area (Å²) in [5, 5.41) is 0. The van der Waals surface area contributed by atoms with Gasteiger partial charge in [0.15, 0.2) is 0 Å². The van der Waals surface area contributed by atoms with E-state index < -0.39 is 23.6 Å². The van der Waals surface area contributed by atoms with Crippen LogP contribution in [0, 0.1) is 0 Å². The molecule has 3 nitrogen and oxygen atoms in total. The van der Waals surface area contributed by atoms with Gasteiger partial charge in [0, 0.05) is 10.7 Å². The fourth-order valence-electron chi connectivity index (χ4n) is 2.03. The van der Waals surface area contributed by atoms with Crippen LogP contribution in [0.1, 0.15) is 22.7 Å². The van der Waals surface area contributed by atoms with Crippen molar-refractivity contribution >= 4 is 21.8 Å². The van der Waals surface area contributed by atoms with Gasteiger partial charge in [-0.05, 0) is 36.2 Å². The van der Waals surface area contributed by atoms with Crippen molar-refractivity contribution in [2.45, 2.75) is 18.5 Å². The molecule has 1 unspecified atom stereocenters. The van der Waals surface area contributed by atoms with Crippen molar-refractivity contribution < 1.29 is 18.0 Å². The number of pyridine rings is 1. The van der Waals surface area contributed by atoms with Gasteiger partial charge in [-0.15, -0.1) is 0 Å². The second kappa shape index (κ2) is 6.48. The minimum Gasteiger partial charge on any atom is -0.369 e. The smallest absolute Gasteiger partial charge is 0.369 e. The molecule has 7 heteroatoms. The number of rotatable bonds is 4. The number of aromatic nitrogens is 1. The molecule has 116 valence electrons. The standard InChI is InChI=1S/C15H12BrF3N2O/c16-11-5-6-21-13(8-11)12(14(20)22)7-9-1-3-10(4-2-9)15(17,18)19/h1-6,8,12H,7H2,(H2,20,22). The summed E-state index contributed by atoms with van der Waals surface area (Å²) < 4.78 is 38.3. The number of nitrogens with zero attached hydrogens (tertiary/aromatic N) is 1. The van der Waals surface area contributed by atoms with E-state index in [0.29, 0.717) is 11.3 Å². The zero-order valence-corrected chi connectivity index (χ0v) is 12.9. The fourth-order valence-corrected chi connectivity index (χ4v) is 2.38. The Balaban J connectivity index is 2.24. The first kappa shape index (κ1) is 16.5. The predicted octanol–water partition coefficient (Wildman–Crippen LogP) is 3.67. The van der Waals surface area contributed by atoms with Crippen LogP contribution in [-0.2, 0) is 17.4 Å². The minimum absolute atomic E-state index is 0.191. The third-order valence-electron chi connectivity index (χ3n) is 3.16. The van der Waals surface area contributed by atoms with Crippen LogP contribution in [0.4, 0.5) is 13.2 Å². The van der Waals surface area contributed by atoms with Crippen molar-refractivity contribution in [3.8, 4) is 0 Å². The van der Waals surface area contributed by atoms with Gasteiger partial charge in [-0.1, -0.05) is 28.1 Å². The molecule has 0 spiro atoms. The molecule has 0 aliphatic rings. The van der Waals surface area contributed by atoms with Crippen LogP contribution in [-0.4, -0.2) is 10.9 Å². The van der Waals surface area contributed by atoms with Crippen molar-refractivity contribution in [3.63, 3.8) is 0 Å². The van der Waals surface area contributed by atoms with E-state index in [-0.39, 0.29) is 6.42 Å². The predicted molar refractivity (Wildman–Crippen MR) is 79.0 cm³/mol. The number of nitrogens with two attached hydrogens (primary N) is 1. The molecule has 22 heavy (non-hydrogen) atoms. The minimum atomic E-state index is -4.38. The number of hydrogen-bond acceptors (Lipinski definition) is 2. The lowest BCUT2D eigenvalue weighted by atomic mass is 9.94. The topological polar surface area (TPSA) is 56.0 Å². The molecule has 2 rings (SSSR count). The average Bonchev–Trinajstić information content (AvgIpc) is 2.44. The summed E-state index contributed by atoms with van der Waals surface area (Å²) >= 11 is 3.28. The Morgan fingerprint density at radius 2 is 1.86 bits per heavy atom. The molecule has 2 aromatic rings. The third-order valence-corrected chi connectivity index (χ3v) is 3.66. The summed E-state index contributed by atoms with van der Waals surface area (Å²) in [4.78, 5) is 15.7. The van der Waals surface area contributed by atoms with Gasteiger partial charge >= 0.3 is 6.18 Å². The summed E-state index contributed by atoms with van der Waals surface area (Å²) in [6.07, 6.45) is -2.66. The Hall–Kier alpha value is -1.89. The maximum absolute atomic E-state index is 12.5. The van der Waals surface area contributed by atoms with E-state index >= 15 is 0 Å². The Bertz CT molecular complexity index is 671. The highest BCUT2D eigenvalue weighted by atomic mass is 79.9. The molecular formula is C15H12BrF3N2O. The van der Waals surface area contributed by atoms with Crippen LogP contribution in [0.5, 0.6) is 0 Å². The number of primary amides is 1. The van der Waals surface area contributed by atoms with Gasteiger partial charge in [0.25, 0.3) is 0 Å². The highest BCUT2D eigenvalue weighted by molar-refractivity contribution is 9.10. The van der Waals surface area contributed by atoms with Gasteiger partial charge in [0.05, 0.1) is 17.2 Å². The van der Waals surface area contributed by atoms with Crippen LogP contribution in [0.15, 0.2) is 47.1 Å². The largest absolute Gasteiger partial charge is 0.416 e. The molecule has 0 fully saturated rings. The van der Waals surface area contributed by atoms with E-state index in [0.717, 1.165) is 16.6 Å². The van der Waals surface area contributed by atoms with E-state index in [1.165, 1.54) is 18.3 Å². The second-order valence-corrected chi connectivity index (χ2v) is 5.67. The number of hydrogen-bond donors (Lipinski definition) is 1. The lowest BCUT2D eigenvalue weighted by molar-refractivity contribution is -0.137. The van der Waals surface area contributed by atoms with Gasteiger partial charge in [0.1, 0.15) is 0 Å². The van der Waals surface area contributed by atoms with Gasteiger partial charge < -0.3 is 5.73 Å². The molecule has 1 aromatic carbocycles. The Kier molecular flexibility index (Phi) is 4.85. The molecule has 0 aliphatic carbocycles. The zero-order chi connectivity index (χ0) is 16.3. The van der Waals surface area contributed by atoms with Crippen LogP contribution in [0.3, 0.4) is 0 Å². The van der Waals surface area contributed by atoms with E-state index in [2.05, 4.69) is 20.9 Å². The number of benzene rings is 1. The first-order valence-electron chi connectivity index (χ1n) is 6.34. The summed E-state index contributed by atoms with van der Waals surface area (Å²) in [6.45, 7) is 0. The van der Waals surface area contributed by atoms with Crippen LogP contribution in [0.25, 0.3) is 0 Å². The molecule has 0 radical (unpaired) electrons. The first-order chi connectivity index (χ1) is 10.3. The number of carbonyl (C=O) groups excluding carboxylic acids is 1. The van der Waals surface area contributed by atoms with E-state index in [4.69, 9.17) is 5.73 Å². The van der Waals surface area contributed by atoms with Crippen molar-refractivity contribution in [1.82, 2.24) is 4.98 Å². The fraction of sp³-hybridized carbons (Fsp3) is 0.200. The van der Waals surface area contributed by atoms with Crippen molar-refractivity contribution in [1.29, 1.82) is 0 Å². The summed E-state index contributed by atoms with van der Waals surface area (Å²) in [5.74, 6) is -1.28. The maximum atomic E-state index is 12.5. The number of alkyl halides is 3. The lowest BCUT2D eigenvalue weighted by Crippen LogP contribution is -2.24. The molecular weight excluding hydrogens is 361 g/mol. The van der Waals surface area contributed by atoms with Crippen LogP contribution >= 0.6 is 15.9 Å². The van der Waals surface area contributed by atoms with E-state index in [1.807, 2.05) is 0 Å². The molecule has 0 aliphatic heterocycles. The Morgan fingerprint density at radius 1 is 1.23 bits per heavy atom. The molecule has 1 aromatic heterocycles. The third kappa shape index (κ3) is 4.07. The first-order valence-corrected chi connectivity index (χ1v) is 7.13. The number of carbonyl (C=O) groups is 1. The number of amides is 1. The summed E-state index contributed by atoms with van der Waals surface area (Å²) in [7, 11) is 0. The van der Waals surface area contributed by atoms with E-state index in [9.17, 15) is 18.0 Å². The van der Waals surface area contributed by atoms with Gasteiger partial charge in [-0.2, -0.15) is 13.2 Å². The molecule has 2 N–H and O–H groups in total. The Labute approximate surface area is 133 Å². The molecule has 0 saturated heterocycles.